The number of amides is 2. The van der Waals surface area contributed by atoms with Gasteiger partial charge in [0.25, 0.3) is 5.56 Å². The number of halogens is 1. The van der Waals surface area contributed by atoms with Crippen molar-refractivity contribution in [1.82, 2.24) is 24.9 Å². The van der Waals surface area contributed by atoms with Crippen LogP contribution in [0.15, 0.2) is 83.9 Å². The number of carbonyl (C=O) groups is 2. The zero-order valence-electron chi connectivity index (χ0n) is 28.6. The van der Waals surface area contributed by atoms with E-state index in [9.17, 15) is 14.4 Å². The highest BCUT2D eigenvalue weighted by molar-refractivity contribution is 6.36. The van der Waals surface area contributed by atoms with E-state index < -0.39 is 0 Å². The Kier molecular flexibility index (Phi) is 8.96. The van der Waals surface area contributed by atoms with Crippen LogP contribution >= 0.6 is 11.6 Å². The van der Waals surface area contributed by atoms with E-state index in [1.54, 1.807) is 16.8 Å². The van der Waals surface area contributed by atoms with E-state index in [-0.39, 0.29) is 29.5 Å². The summed E-state index contributed by atoms with van der Waals surface area (Å²) in [7, 11) is 0. The third-order valence-electron chi connectivity index (χ3n) is 11.0. The maximum absolute atomic E-state index is 13.3. The molecule has 9 nitrogen and oxygen atoms in total. The smallest absolute Gasteiger partial charge is 0.262 e. The minimum atomic E-state index is -0.216. The average molecular weight is 701 g/mol. The number of carbonyl (C=O) groups excluding carboxylic acids is 2. The van der Waals surface area contributed by atoms with Crippen LogP contribution in [0.3, 0.4) is 0 Å². The summed E-state index contributed by atoms with van der Waals surface area (Å²) in [6.45, 7) is 4.02. The van der Waals surface area contributed by atoms with E-state index in [1.165, 1.54) is 11.1 Å². The van der Waals surface area contributed by atoms with Crippen molar-refractivity contribution in [3.63, 3.8) is 0 Å². The van der Waals surface area contributed by atoms with Crippen molar-refractivity contribution in [3.05, 3.63) is 117 Å². The number of nitrogens with two attached hydrogens (primary N) is 1. The number of hydrogen-bond acceptors (Lipinski definition) is 6. The molecule has 0 bridgehead atoms. The van der Waals surface area contributed by atoms with Crippen LogP contribution in [-0.4, -0.2) is 57.3 Å². The molecular formula is C41H41ClN6O3. The van der Waals surface area contributed by atoms with Gasteiger partial charge in [0.05, 0.1) is 11.1 Å². The van der Waals surface area contributed by atoms with Gasteiger partial charge < -0.3 is 16.4 Å². The summed E-state index contributed by atoms with van der Waals surface area (Å²) >= 11 is 7.24. The van der Waals surface area contributed by atoms with E-state index in [0.717, 1.165) is 77.6 Å². The third-order valence-corrected chi connectivity index (χ3v) is 11.4. The first-order valence-electron chi connectivity index (χ1n) is 17.8. The molecule has 3 atom stereocenters. The van der Waals surface area contributed by atoms with Crippen LogP contribution in [0.1, 0.15) is 47.9 Å². The second-order valence-electron chi connectivity index (χ2n) is 14.2. The molecule has 5 aromatic rings. The number of rotatable bonds is 9. The highest BCUT2D eigenvalue weighted by Gasteiger charge is 2.37. The Labute approximate surface area is 301 Å². The predicted molar refractivity (Wildman–Crippen MR) is 201 cm³/mol. The number of likely N-dealkylation sites (tertiary alicyclic amines) is 1. The number of nitrogens with zero attached hydrogens (tertiary/aromatic N) is 3. The van der Waals surface area contributed by atoms with Crippen molar-refractivity contribution < 1.29 is 9.59 Å². The first-order chi connectivity index (χ1) is 24.7. The fourth-order valence-corrected chi connectivity index (χ4v) is 8.68. The zero-order chi connectivity index (χ0) is 35.2. The third kappa shape index (κ3) is 6.35. The Morgan fingerprint density at radius 1 is 0.961 bits per heavy atom. The topological polar surface area (TPSA) is 122 Å². The average Bonchev–Trinajstić information content (AvgIpc) is 3.89. The Balaban J connectivity index is 1.04. The normalized spacial score (nSPS) is 20.2. The summed E-state index contributed by atoms with van der Waals surface area (Å²) in [6.07, 6.45) is 8.46. The van der Waals surface area contributed by atoms with E-state index in [4.69, 9.17) is 17.3 Å². The van der Waals surface area contributed by atoms with Gasteiger partial charge in [0.15, 0.2) is 0 Å². The number of benzene rings is 3. The van der Waals surface area contributed by atoms with Gasteiger partial charge >= 0.3 is 0 Å². The Hall–Kier alpha value is -4.83. The van der Waals surface area contributed by atoms with Gasteiger partial charge in [-0.25, -0.2) is 4.98 Å². The molecule has 3 aliphatic rings. The number of primary amides is 1. The Bertz CT molecular complexity index is 2250. The maximum Gasteiger partial charge on any atom is 0.262 e. The van der Waals surface area contributed by atoms with Crippen LogP contribution < -0.4 is 21.9 Å². The standard InChI is InChI=1S/C41H41ClN6O3/c1-24-32(27-14-16-48-37(20-27)45-22-29(41(48)51)21-44-23-30-12-13-38(49)46-30)5-2-6-33(24)35-8-3-7-34(39(35)42)26-11-10-25-18-31(19-28(25)17-26)47-15-4-9-36(47)40(43)50/h2-3,5-8,10-11,14,16-17,20,22,30-31,36,44H,4,9,12-13,15,18-19,21,23H2,1H3,(H2,43,50)(H,46,49)/t30-,31-,36?/m1/s1. The zero-order valence-corrected chi connectivity index (χ0v) is 29.4. The minimum Gasteiger partial charge on any atom is -0.368 e. The van der Waals surface area contributed by atoms with Crippen LogP contribution in [0.2, 0.25) is 5.02 Å². The summed E-state index contributed by atoms with van der Waals surface area (Å²) < 4.78 is 1.58. The van der Waals surface area contributed by atoms with Crippen molar-refractivity contribution in [2.45, 2.75) is 70.1 Å². The summed E-state index contributed by atoms with van der Waals surface area (Å²) in [6, 6.07) is 23.2. The highest BCUT2D eigenvalue weighted by atomic mass is 35.5. The summed E-state index contributed by atoms with van der Waals surface area (Å²) in [5.74, 6) is -0.140. The van der Waals surface area contributed by atoms with Crippen LogP contribution in [0.25, 0.3) is 39.0 Å². The lowest BCUT2D eigenvalue weighted by molar-refractivity contribution is -0.123. The van der Waals surface area contributed by atoms with Crippen LogP contribution in [-0.2, 0) is 29.0 Å². The molecule has 4 N–H and O–H groups in total. The molecule has 4 heterocycles. The molecule has 260 valence electrons. The largest absolute Gasteiger partial charge is 0.368 e. The molecule has 2 aromatic heterocycles. The lowest BCUT2D eigenvalue weighted by atomic mass is 9.91. The molecule has 1 unspecified atom stereocenters. The molecule has 0 spiro atoms. The SMILES string of the molecule is Cc1c(-c2ccn3c(=O)c(CNC[C@H]4CCC(=O)N4)cnc3c2)cccc1-c1cccc(-c2ccc3c(c2)C[C@H](N2CCCC2C(N)=O)C3)c1Cl. The van der Waals surface area contributed by atoms with Crippen molar-refractivity contribution in [2.75, 3.05) is 13.1 Å². The van der Waals surface area contributed by atoms with E-state index in [1.807, 2.05) is 18.2 Å². The van der Waals surface area contributed by atoms with Crippen molar-refractivity contribution in [3.8, 4) is 33.4 Å². The second kappa shape index (κ2) is 13.7. The van der Waals surface area contributed by atoms with Crippen molar-refractivity contribution >= 4 is 29.1 Å². The summed E-state index contributed by atoms with van der Waals surface area (Å²) in [4.78, 5) is 43.8. The highest BCUT2D eigenvalue weighted by Crippen LogP contribution is 2.41. The molecule has 2 aliphatic heterocycles. The molecular weight excluding hydrogens is 660 g/mol. The number of hydrogen-bond donors (Lipinski definition) is 3. The Morgan fingerprint density at radius 2 is 1.73 bits per heavy atom. The van der Waals surface area contributed by atoms with Crippen LogP contribution in [0.5, 0.6) is 0 Å². The lowest BCUT2D eigenvalue weighted by Crippen LogP contribution is -2.46. The molecule has 2 saturated heterocycles. The van der Waals surface area contributed by atoms with Gasteiger partial charge in [-0.05, 0) is 96.6 Å². The number of nitrogens with one attached hydrogen (secondary N) is 2. The van der Waals surface area contributed by atoms with E-state index in [0.29, 0.717) is 41.8 Å². The summed E-state index contributed by atoms with van der Waals surface area (Å²) in [5.41, 5.74) is 16.5. The molecule has 51 heavy (non-hydrogen) atoms. The monoisotopic (exact) mass is 700 g/mol. The number of fused-ring (bicyclic) bond motifs is 2. The van der Waals surface area contributed by atoms with Gasteiger partial charge in [0.2, 0.25) is 11.8 Å². The molecule has 10 heteroatoms. The van der Waals surface area contributed by atoms with Crippen molar-refractivity contribution in [1.29, 1.82) is 0 Å². The number of aromatic nitrogens is 2. The van der Waals surface area contributed by atoms with E-state index in [2.05, 4.69) is 76.0 Å². The molecule has 1 aliphatic carbocycles. The first-order valence-corrected chi connectivity index (χ1v) is 18.2. The molecule has 2 amide bonds. The minimum absolute atomic E-state index is 0.0759. The van der Waals surface area contributed by atoms with Gasteiger partial charge in [-0.2, -0.15) is 0 Å². The molecule has 3 aromatic carbocycles. The molecule has 2 fully saturated rings. The van der Waals surface area contributed by atoms with Gasteiger partial charge in [-0.3, -0.25) is 23.7 Å². The van der Waals surface area contributed by atoms with Crippen molar-refractivity contribution in [2.24, 2.45) is 5.73 Å². The lowest BCUT2D eigenvalue weighted by Gasteiger charge is -2.28. The fourth-order valence-electron chi connectivity index (χ4n) is 8.35. The molecule has 8 rings (SSSR count). The van der Waals surface area contributed by atoms with Gasteiger partial charge in [-0.1, -0.05) is 66.2 Å². The van der Waals surface area contributed by atoms with Gasteiger partial charge in [0, 0.05) is 60.7 Å². The maximum atomic E-state index is 13.3. The van der Waals surface area contributed by atoms with Gasteiger partial charge in [0.1, 0.15) is 5.65 Å². The predicted octanol–water partition coefficient (Wildman–Crippen LogP) is 5.44. The summed E-state index contributed by atoms with van der Waals surface area (Å²) in [5, 5.41) is 6.93. The molecule has 0 saturated carbocycles. The fraction of sp³-hybridized carbons (Fsp3) is 0.317. The first kappa shape index (κ1) is 33.3. The number of pyridine rings is 1. The van der Waals surface area contributed by atoms with Gasteiger partial charge in [-0.15, -0.1) is 0 Å². The quantitative estimate of drug-likeness (QED) is 0.188. The van der Waals surface area contributed by atoms with E-state index >= 15 is 0 Å². The van der Waals surface area contributed by atoms with Crippen LogP contribution in [0, 0.1) is 6.92 Å². The molecule has 0 radical (unpaired) electrons. The second-order valence-corrected chi connectivity index (χ2v) is 14.5. The van der Waals surface area contributed by atoms with Crippen LogP contribution in [0.4, 0.5) is 0 Å². The Morgan fingerprint density at radius 3 is 2.53 bits per heavy atom.